The number of ketones is 1. The maximum Gasteiger partial charge on any atom is 0.186 e. The summed E-state index contributed by atoms with van der Waals surface area (Å²) in [5.74, 6) is 0.834. The lowest BCUT2D eigenvalue weighted by molar-refractivity contribution is 0.104. The van der Waals surface area contributed by atoms with E-state index in [1.165, 1.54) is 11.8 Å². The zero-order valence-corrected chi connectivity index (χ0v) is 16.1. The summed E-state index contributed by atoms with van der Waals surface area (Å²) in [6, 6.07) is 13.2. The number of ether oxygens (including phenoxy) is 1. The lowest BCUT2D eigenvalue weighted by Gasteiger charge is -2.00. The Labute approximate surface area is 156 Å². The van der Waals surface area contributed by atoms with Gasteiger partial charge in [0.2, 0.25) is 0 Å². The van der Waals surface area contributed by atoms with Gasteiger partial charge in [0, 0.05) is 10.0 Å². The van der Waals surface area contributed by atoms with Crippen LogP contribution in [-0.4, -0.2) is 17.4 Å². The van der Waals surface area contributed by atoms with Crippen molar-refractivity contribution < 1.29 is 9.53 Å². The minimum atomic E-state index is -0.0188. The van der Waals surface area contributed by atoms with E-state index < -0.39 is 0 Å². The quantitative estimate of drug-likeness (QED) is 0.281. The van der Waals surface area contributed by atoms with Crippen LogP contribution in [0.5, 0.6) is 5.75 Å². The van der Waals surface area contributed by atoms with Crippen LogP contribution in [0.2, 0.25) is 0 Å². The molecule has 0 amide bonds. The van der Waals surface area contributed by atoms with Crippen molar-refractivity contribution >= 4 is 55.0 Å². The molecule has 0 aliphatic rings. The number of allylic oxidation sites excluding steroid dienone is 1. The molecular weight excluding hydrogens is 406 g/mol. The summed E-state index contributed by atoms with van der Waals surface area (Å²) in [7, 11) is 0. The van der Waals surface area contributed by atoms with Gasteiger partial charge in [-0.05, 0) is 60.9 Å². The molecule has 2 aromatic carbocycles. The van der Waals surface area contributed by atoms with E-state index in [1.807, 2.05) is 37.3 Å². The van der Waals surface area contributed by atoms with Crippen molar-refractivity contribution in [2.75, 3.05) is 6.61 Å². The molecule has 3 aromatic rings. The van der Waals surface area contributed by atoms with Crippen molar-refractivity contribution in [2.45, 2.75) is 11.3 Å². The van der Waals surface area contributed by atoms with Gasteiger partial charge in [0.15, 0.2) is 10.1 Å². The average molecular weight is 420 g/mol. The minimum Gasteiger partial charge on any atom is -0.494 e. The predicted octanol–water partition coefficient (Wildman–Crippen LogP) is 5.95. The number of rotatable bonds is 6. The van der Waals surface area contributed by atoms with Crippen LogP contribution in [0.3, 0.4) is 0 Å². The van der Waals surface area contributed by atoms with Crippen LogP contribution in [0.15, 0.2) is 62.8 Å². The summed E-state index contributed by atoms with van der Waals surface area (Å²) in [4.78, 5) is 16.6. The van der Waals surface area contributed by atoms with Gasteiger partial charge in [-0.1, -0.05) is 27.7 Å². The summed E-state index contributed by atoms with van der Waals surface area (Å²) in [5.41, 5.74) is 1.61. The van der Waals surface area contributed by atoms with Crippen LogP contribution < -0.4 is 4.74 Å². The highest BCUT2D eigenvalue weighted by molar-refractivity contribution is 9.10. The molecule has 0 radical (unpaired) electrons. The standard InChI is InChI=1S/C18H14BrNO2S2/c1-2-22-14-7-8-15-17(11-14)24-18(20-15)23-10-9-16(21)12-3-5-13(19)6-4-12/h3-11H,2H2,1H3. The molecular formula is C18H14BrNO2S2. The molecule has 0 N–H and O–H groups in total. The molecule has 0 saturated heterocycles. The van der Waals surface area contributed by atoms with Gasteiger partial charge in [-0.25, -0.2) is 4.98 Å². The molecule has 0 aliphatic heterocycles. The van der Waals surface area contributed by atoms with E-state index in [1.54, 1.807) is 35.0 Å². The van der Waals surface area contributed by atoms with Crippen LogP contribution in [0.1, 0.15) is 17.3 Å². The Morgan fingerprint density at radius 1 is 1.29 bits per heavy atom. The molecule has 0 unspecified atom stereocenters. The summed E-state index contributed by atoms with van der Waals surface area (Å²) in [6.07, 6.45) is 1.57. The highest BCUT2D eigenvalue weighted by Crippen LogP contribution is 2.32. The molecule has 1 aromatic heterocycles. The Kier molecular flexibility index (Phi) is 5.71. The number of nitrogens with zero attached hydrogens (tertiary/aromatic N) is 1. The first-order valence-electron chi connectivity index (χ1n) is 7.32. The normalized spacial score (nSPS) is 11.2. The van der Waals surface area contributed by atoms with Gasteiger partial charge in [-0.3, -0.25) is 4.79 Å². The van der Waals surface area contributed by atoms with Crippen LogP contribution in [0, 0.1) is 0 Å². The second-order valence-electron chi connectivity index (χ2n) is 4.83. The molecule has 0 saturated carbocycles. The number of hydrogen-bond donors (Lipinski definition) is 0. The zero-order chi connectivity index (χ0) is 16.9. The van der Waals surface area contributed by atoms with Crippen LogP contribution in [0.25, 0.3) is 10.2 Å². The van der Waals surface area contributed by atoms with Crippen LogP contribution in [0.4, 0.5) is 0 Å². The van der Waals surface area contributed by atoms with Gasteiger partial charge in [-0.15, -0.1) is 11.3 Å². The first kappa shape index (κ1) is 17.2. The summed E-state index contributed by atoms with van der Waals surface area (Å²) < 4.78 is 8.44. The molecule has 3 nitrogen and oxygen atoms in total. The van der Waals surface area contributed by atoms with Crippen molar-refractivity contribution in [3.05, 3.63) is 64.0 Å². The second kappa shape index (κ2) is 7.96. The maximum absolute atomic E-state index is 12.1. The summed E-state index contributed by atoms with van der Waals surface area (Å²) >= 11 is 6.40. The Bertz CT molecular complexity index is 888. The zero-order valence-electron chi connectivity index (χ0n) is 12.9. The van der Waals surface area contributed by atoms with Crippen LogP contribution >= 0.6 is 39.0 Å². The highest BCUT2D eigenvalue weighted by atomic mass is 79.9. The van der Waals surface area contributed by atoms with E-state index in [2.05, 4.69) is 20.9 Å². The first-order chi connectivity index (χ1) is 11.7. The van der Waals surface area contributed by atoms with Crippen LogP contribution in [-0.2, 0) is 0 Å². The van der Waals surface area contributed by atoms with Crippen molar-refractivity contribution in [1.29, 1.82) is 0 Å². The van der Waals surface area contributed by atoms with E-state index in [4.69, 9.17) is 4.74 Å². The van der Waals surface area contributed by atoms with Gasteiger partial charge in [0.1, 0.15) is 5.75 Å². The lowest BCUT2D eigenvalue weighted by atomic mass is 10.1. The number of carbonyl (C=O) groups excluding carboxylic acids is 1. The third-order valence-electron chi connectivity index (χ3n) is 3.17. The number of thioether (sulfide) groups is 1. The molecule has 122 valence electrons. The Morgan fingerprint density at radius 3 is 2.83 bits per heavy atom. The Balaban J connectivity index is 1.68. The number of fused-ring (bicyclic) bond motifs is 1. The van der Waals surface area contributed by atoms with Gasteiger partial charge in [-0.2, -0.15) is 0 Å². The smallest absolute Gasteiger partial charge is 0.186 e. The van der Waals surface area contributed by atoms with E-state index in [-0.39, 0.29) is 5.78 Å². The van der Waals surface area contributed by atoms with Crippen molar-refractivity contribution in [3.8, 4) is 5.75 Å². The largest absolute Gasteiger partial charge is 0.494 e. The molecule has 0 bridgehead atoms. The number of thiazole rings is 1. The van der Waals surface area contributed by atoms with E-state index in [0.717, 1.165) is 24.8 Å². The number of hydrogen-bond acceptors (Lipinski definition) is 5. The van der Waals surface area contributed by atoms with Gasteiger partial charge in [0.05, 0.1) is 16.8 Å². The van der Waals surface area contributed by atoms with Crippen molar-refractivity contribution in [2.24, 2.45) is 0 Å². The lowest BCUT2D eigenvalue weighted by Crippen LogP contribution is -1.92. The molecule has 24 heavy (non-hydrogen) atoms. The number of benzene rings is 2. The highest BCUT2D eigenvalue weighted by Gasteiger charge is 2.06. The molecule has 1 heterocycles. The van der Waals surface area contributed by atoms with Gasteiger partial charge in [0.25, 0.3) is 0 Å². The van der Waals surface area contributed by atoms with E-state index in [0.29, 0.717) is 12.2 Å². The number of halogens is 1. The monoisotopic (exact) mass is 419 g/mol. The third-order valence-corrected chi connectivity index (χ3v) is 5.61. The summed E-state index contributed by atoms with van der Waals surface area (Å²) in [6.45, 7) is 2.61. The average Bonchev–Trinajstić information content (AvgIpc) is 2.97. The van der Waals surface area contributed by atoms with Crippen molar-refractivity contribution in [3.63, 3.8) is 0 Å². The molecule has 0 aliphatic carbocycles. The fraction of sp³-hybridized carbons (Fsp3) is 0.111. The molecule has 0 spiro atoms. The molecule has 0 fully saturated rings. The Hall–Kier alpha value is -1.63. The van der Waals surface area contributed by atoms with Crippen molar-refractivity contribution in [1.82, 2.24) is 4.98 Å². The Morgan fingerprint density at radius 2 is 2.08 bits per heavy atom. The maximum atomic E-state index is 12.1. The molecule has 3 rings (SSSR count). The molecule has 0 atom stereocenters. The first-order valence-corrected chi connectivity index (χ1v) is 9.81. The third kappa shape index (κ3) is 4.26. The molecule has 6 heteroatoms. The summed E-state index contributed by atoms with van der Waals surface area (Å²) in [5, 5.41) is 1.78. The van der Waals surface area contributed by atoms with E-state index >= 15 is 0 Å². The number of carbonyl (C=O) groups is 1. The predicted molar refractivity (Wildman–Crippen MR) is 104 cm³/mol. The van der Waals surface area contributed by atoms with E-state index in [9.17, 15) is 4.79 Å². The fourth-order valence-corrected chi connectivity index (χ4v) is 4.13. The topological polar surface area (TPSA) is 39.2 Å². The fourth-order valence-electron chi connectivity index (χ4n) is 2.06. The second-order valence-corrected chi connectivity index (χ2v) is 7.93. The minimum absolute atomic E-state index is 0.0188. The van der Waals surface area contributed by atoms with Gasteiger partial charge >= 0.3 is 0 Å². The number of aromatic nitrogens is 1. The SMILES string of the molecule is CCOc1ccc2nc(SC=CC(=O)c3ccc(Br)cc3)sc2c1. The van der Waals surface area contributed by atoms with Gasteiger partial charge < -0.3 is 4.74 Å².